The van der Waals surface area contributed by atoms with E-state index in [0.29, 0.717) is 6.61 Å². The Morgan fingerprint density at radius 2 is 1.05 bits per heavy atom. The van der Waals surface area contributed by atoms with Crippen molar-refractivity contribution >= 4 is 6.09 Å². The summed E-state index contributed by atoms with van der Waals surface area (Å²) in [6.07, 6.45) is 52.5. The normalized spacial score (nSPS) is 18.0. The summed E-state index contributed by atoms with van der Waals surface area (Å²) in [6, 6.07) is 0. The van der Waals surface area contributed by atoms with Crippen LogP contribution in [0.5, 0.6) is 0 Å². The van der Waals surface area contributed by atoms with Crippen LogP contribution in [0.3, 0.4) is 0 Å². The summed E-state index contributed by atoms with van der Waals surface area (Å²) >= 11 is 0. The zero-order valence-corrected chi connectivity index (χ0v) is 42.3. The molecule has 0 bridgehead atoms. The zero-order chi connectivity index (χ0) is 45.3. The second-order valence-corrected chi connectivity index (χ2v) is 20.8. The topological polar surface area (TPSA) is 57.2 Å². The molecule has 0 radical (unpaired) electrons. The molecule has 0 spiro atoms. The number of unbranched alkanes of at least 4 members (excludes halogenated alkanes) is 18. The van der Waals surface area contributed by atoms with Crippen molar-refractivity contribution in [3.05, 3.63) is 48.6 Å². The lowest BCUT2D eigenvalue weighted by Gasteiger charge is -2.42. The molecule has 0 aromatic rings. The third-order valence-electron chi connectivity index (χ3n) is 12.0. The van der Waals surface area contributed by atoms with Crippen LogP contribution in [0.25, 0.3) is 0 Å². The zero-order valence-electron chi connectivity index (χ0n) is 42.3. The Labute approximate surface area is 379 Å². The molecule has 356 valence electrons. The number of nitrogens with zero attached hydrogens (tertiary/aromatic N) is 1. The molecule has 2 unspecified atom stereocenters. The third-order valence-corrected chi connectivity index (χ3v) is 12.0. The number of hydrogen-bond donors (Lipinski definition) is 0. The lowest BCUT2D eigenvalue weighted by Crippen LogP contribution is -2.49. The van der Waals surface area contributed by atoms with Crippen molar-refractivity contribution in [2.75, 3.05) is 13.7 Å². The van der Waals surface area contributed by atoms with Gasteiger partial charge in [0.05, 0.1) is 18.8 Å². The third kappa shape index (κ3) is 31.6. The Balaban J connectivity index is 2.57. The fraction of sp³-hybridized carbons (Fsp3) is 0.836. The molecule has 0 saturated carbocycles. The second kappa shape index (κ2) is 33.6. The minimum absolute atomic E-state index is 0.0630. The van der Waals surface area contributed by atoms with Gasteiger partial charge in [-0.05, 0) is 130 Å². The smallest absolute Gasteiger partial charge is 0.410 e. The molecule has 6 heteroatoms. The Morgan fingerprint density at radius 3 is 1.48 bits per heavy atom. The average Bonchev–Trinajstić information content (AvgIpc) is 3.54. The summed E-state index contributed by atoms with van der Waals surface area (Å²) in [4.78, 5) is 14.7. The van der Waals surface area contributed by atoms with Crippen LogP contribution in [-0.2, 0) is 18.9 Å². The van der Waals surface area contributed by atoms with Gasteiger partial charge in [0.25, 0.3) is 5.97 Å². The molecule has 1 rings (SSSR count). The number of rotatable bonds is 37. The summed E-state index contributed by atoms with van der Waals surface area (Å²) in [5.74, 6) is -1.02. The highest BCUT2D eigenvalue weighted by Crippen LogP contribution is 2.40. The lowest BCUT2D eigenvalue weighted by atomic mass is 9.76. The van der Waals surface area contributed by atoms with Crippen molar-refractivity contribution in [2.24, 2.45) is 5.41 Å². The molecule has 2 atom stereocenters. The van der Waals surface area contributed by atoms with E-state index in [4.69, 9.17) is 18.9 Å². The summed E-state index contributed by atoms with van der Waals surface area (Å²) < 4.78 is 25.4. The Bertz CT molecular complexity index is 1150. The van der Waals surface area contributed by atoms with Gasteiger partial charge in [-0.25, -0.2) is 4.79 Å². The molecule has 0 N–H and O–H groups in total. The van der Waals surface area contributed by atoms with Crippen LogP contribution in [-0.4, -0.2) is 54.0 Å². The van der Waals surface area contributed by atoms with Crippen LogP contribution in [0.15, 0.2) is 48.6 Å². The van der Waals surface area contributed by atoms with E-state index < -0.39 is 11.6 Å². The molecule has 1 amide bonds. The van der Waals surface area contributed by atoms with Gasteiger partial charge in [-0.15, -0.1) is 0 Å². The molecule has 1 aliphatic heterocycles. The summed E-state index contributed by atoms with van der Waals surface area (Å²) in [5, 5.41) is 0. The number of amides is 1. The molecule has 1 fully saturated rings. The highest BCUT2D eigenvalue weighted by Gasteiger charge is 2.44. The van der Waals surface area contributed by atoms with E-state index in [1.807, 2.05) is 34.7 Å². The van der Waals surface area contributed by atoms with Crippen molar-refractivity contribution in [3.63, 3.8) is 0 Å². The summed E-state index contributed by atoms with van der Waals surface area (Å²) in [7, 11) is 1.84. The molecule has 1 heterocycles. The van der Waals surface area contributed by atoms with E-state index >= 15 is 0 Å². The van der Waals surface area contributed by atoms with Crippen LogP contribution >= 0.6 is 0 Å². The highest BCUT2D eigenvalue weighted by molar-refractivity contribution is 5.68. The molecule has 0 aromatic carbocycles. The first kappa shape index (κ1) is 57.1. The van der Waals surface area contributed by atoms with Crippen LogP contribution in [0.4, 0.5) is 4.79 Å². The van der Waals surface area contributed by atoms with Gasteiger partial charge in [0.15, 0.2) is 0 Å². The predicted molar refractivity (Wildman–Crippen MR) is 263 cm³/mol. The van der Waals surface area contributed by atoms with Gasteiger partial charge in [0.2, 0.25) is 0 Å². The Kier molecular flexibility index (Phi) is 31.5. The van der Waals surface area contributed by atoms with Crippen LogP contribution in [0, 0.1) is 5.41 Å². The predicted octanol–water partition coefficient (Wildman–Crippen LogP) is 17.3. The number of carbonyl (C=O) groups excluding carboxylic acids is 1. The van der Waals surface area contributed by atoms with Gasteiger partial charge in [0.1, 0.15) is 5.60 Å². The fourth-order valence-corrected chi connectivity index (χ4v) is 8.62. The summed E-state index contributed by atoms with van der Waals surface area (Å²) in [6.45, 7) is 21.5. The van der Waals surface area contributed by atoms with E-state index in [-0.39, 0.29) is 29.3 Å². The lowest BCUT2D eigenvalue weighted by molar-refractivity contribution is -0.344. The number of ether oxygens (including phenoxy) is 4. The van der Waals surface area contributed by atoms with E-state index in [1.54, 1.807) is 4.90 Å². The van der Waals surface area contributed by atoms with Crippen molar-refractivity contribution in [1.29, 1.82) is 0 Å². The standard InChI is InChI=1S/C55H101NO5/c1-12-14-16-18-20-22-24-26-28-30-32-34-36-38-40-42-44-49(45-43-41-39-37-35-33-31-29-27-25-23-21-19-17-15-13-2)59-55(10)58-47-50(60-55)46-53(6,7)48-54(8,9)56(11)51(57)61-52(3,4)5/h20-23,26-29,49-50H,12-19,24-25,30-48H2,1-11H3/b22-20-,23-21-,28-26-,29-27-. The minimum Gasteiger partial charge on any atom is -0.444 e. The molecule has 1 saturated heterocycles. The van der Waals surface area contributed by atoms with Gasteiger partial charge in [-0.1, -0.05) is 166 Å². The monoisotopic (exact) mass is 856 g/mol. The molecular weight excluding hydrogens is 755 g/mol. The maximum Gasteiger partial charge on any atom is 0.410 e. The Hall–Kier alpha value is -1.89. The van der Waals surface area contributed by atoms with Crippen molar-refractivity contribution in [3.8, 4) is 0 Å². The number of hydrogen-bond acceptors (Lipinski definition) is 5. The van der Waals surface area contributed by atoms with E-state index in [1.165, 1.54) is 141 Å². The molecular formula is C55H101NO5. The average molecular weight is 856 g/mol. The Morgan fingerprint density at radius 1 is 0.639 bits per heavy atom. The van der Waals surface area contributed by atoms with E-state index in [0.717, 1.165) is 38.5 Å². The quantitative estimate of drug-likeness (QED) is 0.0460. The van der Waals surface area contributed by atoms with E-state index in [9.17, 15) is 4.79 Å². The maximum atomic E-state index is 12.9. The van der Waals surface area contributed by atoms with Gasteiger partial charge in [-0.3, -0.25) is 0 Å². The number of allylic oxidation sites excluding steroid dienone is 8. The van der Waals surface area contributed by atoms with Crippen molar-refractivity contribution in [2.45, 2.75) is 278 Å². The minimum atomic E-state index is -1.02. The molecule has 0 aromatic heterocycles. The molecule has 0 aliphatic carbocycles. The van der Waals surface area contributed by atoms with Crippen LogP contribution in [0.1, 0.15) is 249 Å². The summed E-state index contributed by atoms with van der Waals surface area (Å²) in [5.41, 5.74) is -1.01. The van der Waals surface area contributed by atoms with Gasteiger partial charge < -0.3 is 23.8 Å². The molecule has 1 aliphatic rings. The maximum absolute atomic E-state index is 12.9. The van der Waals surface area contributed by atoms with Crippen LogP contribution in [0.2, 0.25) is 0 Å². The van der Waals surface area contributed by atoms with E-state index in [2.05, 4.69) is 90.2 Å². The number of carbonyl (C=O) groups is 1. The first-order chi connectivity index (χ1) is 29.0. The van der Waals surface area contributed by atoms with Gasteiger partial charge in [0, 0.05) is 19.5 Å². The molecule has 61 heavy (non-hydrogen) atoms. The van der Waals surface area contributed by atoms with Crippen LogP contribution < -0.4 is 0 Å². The largest absolute Gasteiger partial charge is 0.444 e. The molecule has 6 nitrogen and oxygen atoms in total. The van der Waals surface area contributed by atoms with Crippen molar-refractivity contribution < 1.29 is 23.7 Å². The first-order valence-electron chi connectivity index (χ1n) is 25.6. The SMILES string of the molecule is CCCCC/C=C\C/C=C\CCCCCCCCC(CCCCCCCC/C=C\C/C=C\CCCCC)OC1(C)OCC(CC(C)(C)CC(C)(C)N(C)C(=O)OC(C)(C)C)O1. The first-order valence-corrected chi connectivity index (χ1v) is 25.6. The van der Waals surface area contributed by atoms with Gasteiger partial charge in [-0.2, -0.15) is 0 Å². The van der Waals surface area contributed by atoms with Gasteiger partial charge >= 0.3 is 6.09 Å². The van der Waals surface area contributed by atoms with Crippen molar-refractivity contribution in [1.82, 2.24) is 4.90 Å². The second-order valence-electron chi connectivity index (χ2n) is 20.8. The fourth-order valence-electron chi connectivity index (χ4n) is 8.62. The highest BCUT2D eigenvalue weighted by atomic mass is 16.9.